The summed E-state index contributed by atoms with van der Waals surface area (Å²) in [5.74, 6) is 0.766. The Balaban J connectivity index is 1.51. The maximum atomic E-state index is 13.6. The van der Waals surface area contributed by atoms with Crippen LogP contribution in [-0.4, -0.2) is 25.7 Å². The number of nitrogens with zero attached hydrogens (tertiary/aromatic N) is 3. The number of H-pyrrole nitrogens is 1. The molecule has 0 saturated heterocycles. The number of hydrogen-bond donors (Lipinski definition) is 2. The quantitative estimate of drug-likeness (QED) is 0.648. The summed E-state index contributed by atoms with van der Waals surface area (Å²) >= 11 is 6.07. The molecule has 2 aromatic heterocycles. The molecular weight excluding hydrogens is 414 g/mol. The Morgan fingerprint density at radius 1 is 1.16 bits per heavy atom. The summed E-state index contributed by atoms with van der Waals surface area (Å²) in [7, 11) is 0. The zero-order valence-corrected chi connectivity index (χ0v) is 18.1. The molecule has 1 amide bonds. The SMILES string of the molecule is Cc1cc(NC(=O)C2(c3ccc(Cl)cc3)CCCC2)n(-c2nc3c(c(=O)[nH]2)CCC3)n1. The zero-order chi connectivity index (χ0) is 21.6. The lowest BCUT2D eigenvalue weighted by molar-refractivity contribution is -0.121. The van der Waals surface area contributed by atoms with Gasteiger partial charge in [0.05, 0.1) is 16.8 Å². The van der Waals surface area contributed by atoms with Crippen molar-refractivity contribution in [3.63, 3.8) is 0 Å². The number of anilines is 1. The summed E-state index contributed by atoms with van der Waals surface area (Å²) in [6.07, 6.45) is 6.02. The minimum Gasteiger partial charge on any atom is -0.310 e. The van der Waals surface area contributed by atoms with Crippen molar-refractivity contribution in [1.29, 1.82) is 0 Å². The zero-order valence-electron chi connectivity index (χ0n) is 17.4. The molecule has 8 heteroatoms. The second kappa shape index (κ2) is 7.64. The highest BCUT2D eigenvalue weighted by Gasteiger charge is 2.43. The first kappa shape index (κ1) is 20.0. The Morgan fingerprint density at radius 2 is 1.90 bits per heavy atom. The van der Waals surface area contributed by atoms with E-state index in [-0.39, 0.29) is 11.5 Å². The number of amides is 1. The van der Waals surface area contributed by atoms with E-state index in [1.54, 1.807) is 6.07 Å². The summed E-state index contributed by atoms with van der Waals surface area (Å²) in [6, 6.07) is 9.34. The van der Waals surface area contributed by atoms with Gasteiger partial charge in [-0.1, -0.05) is 36.6 Å². The van der Waals surface area contributed by atoms with Gasteiger partial charge >= 0.3 is 0 Å². The lowest BCUT2D eigenvalue weighted by Gasteiger charge is -2.28. The maximum Gasteiger partial charge on any atom is 0.255 e. The third-order valence-corrected chi connectivity index (χ3v) is 6.74. The van der Waals surface area contributed by atoms with Crippen LogP contribution in [0.25, 0.3) is 5.95 Å². The number of nitrogens with one attached hydrogen (secondary N) is 2. The molecule has 2 aliphatic carbocycles. The number of hydrogen-bond acceptors (Lipinski definition) is 4. The molecule has 2 N–H and O–H groups in total. The molecule has 1 aromatic carbocycles. The highest BCUT2D eigenvalue weighted by atomic mass is 35.5. The number of aryl methyl sites for hydroxylation is 2. The van der Waals surface area contributed by atoms with Crippen molar-refractivity contribution in [2.24, 2.45) is 0 Å². The van der Waals surface area contributed by atoms with Crippen molar-refractivity contribution < 1.29 is 4.79 Å². The second-order valence-corrected chi connectivity index (χ2v) is 8.94. The molecule has 1 saturated carbocycles. The number of halogens is 1. The number of carbonyl (C=O) groups is 1. The average molecular weight is 438 g/mol. The maximum absolute atomic E-state index is 13.6. The van der Waals surface area contributed by atoms with Gasteiger partial charge in [-0.15, -0.1) is 0 Å². The van der Waals surface area contributed by atoms with Crippen LogP contribution in [0, 0.1) is 6.92 Å². The summed E-state index contributed by atoms with van der Waals surface area (Å²) < 4.78 is 1.53. The van der Waals surface area contributed by atoms with Crippen molar-refractivity contribution in [3.05, 3.63) is 68.2 Å². The largest absolute Gasteiger partial charge is 0.310 e. The van der Waals surface area contributed by atoms with E-state index in [9.17, 15) is 9.59 Å². The lowest BCUT2D eigenvalue weighted by Crippen LogP contribution is -2.38. The molecule has 0 aliphatic heterocycles. The van der Waals surface area contributed by atoms with Gasteiger partial charge < -0.3 is 5.32 Å². The van der Waals surface area contributed by atoms with E-state index in [2.05, 4.69) is 20.4 Å². The van der Waals surface area contributed by atoms with E-state index >= 15 is 0 Å². The van der Waals surface area contributed by atoms with E-state index in [4.69, 9.17) is 11.6 Å². The summed E-state index contributed by atoms with van der Waals surface area (Å²) in [4.78, 5) is 33.5. The standard InChI is InChI=1S/C23H24ClN5O2/c1-14-13-19(29(28-14)22-25-18-6-4-5-17(18)20(30)27-22)26-21(31)23(11-2-3-12-23)15-7-9-16(24)10-8-15/h7-10,13H,2-6,11-12H2,1H3,(H,26,31)(H,25,27,30). The van der Waals surface area contributed by atoms with Gasteiger partial charge in [-0.05, 0) is 56.7 Å². The summed E-state index contributed by atoms with van der Waals surface area (Å²) in [6.45, 7) is 1.85. The van der Waals surface area contributed by atoms with Crippen LogP contribution in [0.4, 0.5) is 5.82 Å². The van der Waals surface area contributed by atoms with E-state index < -0.39 is 5.41 Å². The normalized spacial score (nSPS) is 17.0. The highest BCUT2D eigenvalue weighted by molar-refractivity contribution is 6.30. The first-order chi connectivity index (χ1) is 15.0. The van der Waals surface area contributed by atoms with Gasteiger partial charge in [0.2, 0.25) is 11.9 Å². The molecule has 31 heavy (non-hydrogen) atoms. The van der Waals surface area contributed by atoms with E-state index in [1.165, 1.54) is 4.68 Å². The van der Waals surface area contributed by atoms with Crippen molar-refractivity contribution in [3.8, 4) is 5.95 Å². The monoisotopic (exact) mass is 437 g/mol. The van der Waals surface area contributed by atoms with Crippen LogP contribution >= 0.6 is 11.6 Å². The molecule has 7 nitrogen and oxygen atoms in total. The summed E-state index contributed by atoms with van der Waals surface area (Å²) in [5, 5.41) is 8.22. The van der Waals surface area contributed by atoms with Gasteiger partial charge in [0.15, 0.2) is 0 Å². The molecular formula is C23H24ClN5O2. The third-order valence-electron chi connectivity index (χ3n) is 6.49. The van der Waals surface area contributed by atoms with Crippen LogP contribution in [0.3, 0.4) is 0 Å². The van der Waals surface area contributed by atoms with Crippen molar-refractivity contribution in [1.82, 2.24) is 19.7 Å². The van der Waals surface area contributed by atoms with Crippen LogP contribution in [0.5, 0.6) is 0 Å². The predicted octanol–water partition coefficient (Wildman–Crippen LogP) is 3.86. The smallest absolute Gasteiger partial charge is 0.255 e. The topological polar surface area (TPSA) is 92.7 Å². The molecule has 0 unspecified atom stereocenters. The van der Waals surface area contributed by atoms with Crippen LogP contribution in [0.15, 0.2) is 35.1 Å². The van der Waals surface area contributed by atoms with Crippen LogP contribution in [0.1, 0.15) is 54.6 Å². The second-order valence-electron chi connectivity index (χ2n) is 8.50. The van der Waals surface area contributed by atoms with Crippen molar-refractivity contribution in [2.75, 3.05) is 5.32 Å². The van der Waals surface area contributed by atoms with Crippen LogP contribution in [-0.2, 0) is 23.1 Å². The van der Waals surface area contributed by atoms with Gasteiger partial charge in [-0.3, -0.25) is 14.6 Å². The molecule has 0 radical (unpaired) electrons. The first-order valence-corrected chi connectivity index (χ1v) is 11.1. The number of aromatic amines is 1. The van der Waals surface area contributed by atoms with Crippen LogP contribution in [0.2, 0.25) is 5.02 Å². The number of benzene rings is 1. The molecule has 0 atom stereocenters. The van der Waals surface area contributed by atoms with E-state index in [0.29, 0.717) is 16.8 Å². The first-order valence-electron chi connectivity index (χ1n) is 10.7. The Morgan fingerprint density at radius 3 is 2.65 bits per heavy atom. The number of fused-ring (bicyclic) bond motifs is 1. The fraction of sp³-hybridized carbons (Fsp3) is 0.391. The minimum atomic E-state index is -0.605. The number of carbonyl (C=O) groups excluding carboxylic acids is 1. The number of rotatable bonds is 4. The highest BCUT2D eigenvalue weighted by Crippen LogP contribution is 2.42. The van der Waals surface area contributed by atoms with Gasteiger partial charge in [-0.2, -0.15) is 9.78 Å². The minimum absolute atomic E-state index is 0.0722. The van der Waals surface area contributed by atoms with Gasteiger partial charge in [0.1, 0.15) is 5.82 Å². The fourth-order valence-electron chi connectivity index (χ4n) is 4.91. The molecule has 0 bridgehead atoms. The molecule has 0 spiro atoms. The Hall–Kier alpha value is -2.93. The lowest BCUT2D eigenvalue weighted by atomic mass is 9.78. The van der Waals surface area contributed by atoms with E-state index in [0.717, 1.165) is 67.5 Å². The molecule has 5 rings (SSSR count). The average Bonchev–Trinajstić information content (AvgIpc) is 3.48. The molecule has 160 valence electrons. The van der Waals surface area contributed by atoms with Gasteiger partial charge in [0.25, 0.3) is 5.56 Å². The van der Waals surface area contributed by atoms with Crippen molar-refractivity contribution >= 4 is 23.3 Å². The van der Waals surface area contributed by atoms with E-state index in [1.807, 2.05) is 31.2 Å². The molecule has 2 heterocycles. The van der Waals surface area contributed by atoms with Gasteiger partial charge in [0, 0.05) is 16.7 Å². The van der Waals surface area contributed by atoms with Gasteiger partial charge in [-0.25, -0.2) is 4.98 Å². The molecule has 3 aromatic rings. The number of aromatic nitrogens is 4. The third kappa shape index (κ3) is 3.47. The Kier molecular flexibility index (Phi) is 4.93. The summed E-state index contributed by atoms with van der Waals surface area (Å²) in [5.41, 5.74) is 2.54. The Bertz CT molecular complexity index is 1210. The predicted molar refractivity (Wildman–Crippen MR) is 119 cm³/mol. The van der Waals surface area contributed by atoms with Crippen molar-refractivity contribution in [2.45, 2.75) is 57.3 Å². The van der Waals surface area contributed by atoms with Crippen LogP contribution < -0.4 is 10.9 Å². The Labute approximate surface area is 184 Å². The molecule has 2 aliphatic rings. The molecule has 1 fully saturated rings. The fourth-order valence-corrected chi connectivity index (χ4v) is 5.04.